The van der Waals surface area contributed by atoms with E-state index < -0.39 is 0 Å². The molecule has 0 saturated heterocycles. The smallest absolute Gasteiger partial charge is 0.234 e. The van der Waals surface area contributed by atoms with Crippen molar-refractivity contribution in [3.8, 4) is 5.69 Å². The first-order valence-corrected chi connectivity index (χ1v) is 9.04. The molecule has 0 bridgehead atoms. The first-order valence-electron chi connectivity index (χ1n) is 7.68. The first kappa shape index (κ1) is 17.5. The molecule has 0 aliphatic rings. The van der Waals surface area contributed by atoms with E-state index in [1.54, 1.807) is 24.5 Å². The summed E-state index contributed by atoms with van der Waals surface area (Å²) in [6.07, 6.45) is 5.20. The summed E-state index contributed by atoms with van der Waals surface area (Å²) in [6.45, 7) is 4.12. The van der Waals surface area contributed by atoms with Gasteiger partial charge in [-0.2, -0.15) is 0 Å². The maximum atomic E-state index is 12.2. The zero-order valence-corrected chi connectivity index (χ0v) is 15.4. The molecule has 1 amide bonds. The molecule has 0 saturated carbocycles. The van der Waals surface area contributed by atoms with Gasteiger partial charge in [0.2, 0.25) is 5.91 Å². The summed E-state index contributed by atoms with van der Waals surface area (Å²) in [7, 11) is 0. The van der Waals surface area contributed by atoms with E-state index in [1.807, 2.05) is 10.8 Å². The van der Waals surface area contributed by atoms with Gasteiger partial charge in [-0.1, -0.05) is 29.4 Å². The van der Waals surface area contributed by atoms with Crippen molar-refractivity contribution in [2.75, 3.05) is 11.1 Å². The number of carbonyl (C=O) groups is 1. The van der Waals surface area contributed by atoms with E-state index in [0.717, 1.165) is 10.8 Å². The van der Waals surface area contributed by atoms with Crippen LogP contribution in [-0.2, 0) is 4.79 Å². The molecule has 0 unspecified atom stereocenters. The van der Waals surface area contributed by atoms with E-state index in [4.69, 9.17) is 11.6 Å². The Balaban J connectivity index is 1.69. The van der Waals surface area contributed by atoms with E-state index in [2.05, 4.69) is 47.3 Å². The number of halogens is 1. The summed E-state index contributed by atoms with van der Waals surface area (Å²) in [6, 6.07) is 9.75. The molecule has 1 aromatic carbocycles. The van der Waals surface area contributed by atoms with Gasteiger partial charge in [-0.3, -0.25) is 9.36 Å². The number of aryl methyl sites for hydroxylation is 2. The van der Waals surface area contributed by atoms with Gasteiger partial charge < -0.3 is 5.32 Å². The van der Waals surface area contributed by atoms with Gasteiger partial charge in [0.05, 0.1) is 11.4 Å². The summed E-state index contributed by atoms with van der Waals surface area (Å²) in [5, 5.41) is 3.80. The second kappa shape index (κ2) is 7.72. The van der Waals surface area contributed by atoms with Crippen LogP contribution in [0.15, 0.2) is 54.1 Å². The van der Waals surface area contributed by atoms with Gasteiger partial charge in [-0.25, -0.2) is 9.97 Å². The predicted molar refractivity (Wildman–Crippen MR) is 102 cm³/mol. The summed E-state index contributed by atoms with van der Waals surface area (Å²) in [5.74, 6) is 0.0717. The topological polar surface area (TPSA) is 59.8 Å². The number of hydrogen-bond acceptors (Lipinski definition) is 4. The third-order valence-electron chi connectivity index (χ3n) is 3.46. The molecule has 0 aliphatic carbocycles. The molecule has 25 heavy (non-hydrogen) atoms. The van der Waals surface area contributed by atoms with E-state index in [1.165, 1.54) is 22.9 Å². The quantitative estimate of drug-likeness (QED) is 0.536. The minimum Gasteiger partial charge on any atom is -0.323 e. The highest BCUT2D eigenvalue weighted by atomic mass is 35.5. The number of amides is 1. The van der Waals surface area contributed by atoms with Crippen molar-refractivity contribution >= 4 is 35.0 Å². The Bertz CT molecular complexity index is 889. The number of nitrogens with one attached hydrogen (secondary N) is 1. The average molecular weight is 373 g/mol. The minimum atomic E-state index is -0.158. The minimum absolute atomic E-state index is 0.158. The third-order valence-corrected chi connectivity index (χ3v) is 4.72. The molecule has 5 nitrogen and oxygen atoms in total. The lowest BCUT2D eigenvalue weighted by molar-refractivity contribution is -0.113. The van der Waals surface area contributed by atoms with Gasteiger partial charge in [-0.15, -0.1) is 0 Å². The Labute approximate surface area is 155 Å². The van der Waals surface area contributed by atoms with Gasteiger partial charge in [0.15, 0.2) is 10.3 Å². The van der Waals surface area contributed by atoms with Crippen LogP contribution in [0.4, 0.5) is 5.69 Å². The van der Waals surface area contributed by atoms with Crippen LogP contribution in [0.1, 0.15) is 11.1 Å². The molecule has 0 fully saturated rings. The van der Waals surface area contributed by atoms with Crippen LogP contribution in [0.2, 0.25) is 5.15 Å². The van der Waals surface area contributed by atoms with Crippen LogP contribution in [0.3, 0.4) is 0 Å². The average Bonchev–Trinajstić information content (AvgIpc) is 3.03. The molecule has 3 aromatic rings. The fourth-order valence-corrected chi connectivity index (χ4v) is 3.42. The summed E-state index contributed by atoms with van der Waals surface area (Å²) < 4.78 is 1.98. The number of carbonyl (C=O) groups excluding carboxylic acids is 1. The monoisotopic (exact) mass is 372 g/mol. The Hall–Kier alpha value is -2.31. The van der Waals surface area contributed by atoms with Crippen molar-refractivity contribution in [3.05, 3.63) is 65.2 Å². The van der Waals surface area contributed by atoms with Crippen LogP contribution in [0, 0.1) is 13.8 Å². The summed E-state index contributed by atoms with van der Waals surface area (Å²) in [5.41, 5.74) is 3.91. The predicted octanol–water partition coefficient (Wildman–Crippen LogP) is 4.27. The zero-order valence-electron chi connectivity index (χ0n) is 13.9. The van der Waals surface area contributed by atoms with Crippen LogP contribution >= 0.6 is 23.4 Å². The fraction of sp³-hybridized carbons (Fsp3) is 0.167. The molecule has 7 heteroatoms. The lowest BCUT2D eigenvalue weighted by Crippen LogP contribution is -2.15. The number of rotatable bonds is 5. The lowest BCUT2D eigenvalue weighted by atomic mass is 10.1. The second-order valence-electron chi connectivity index (χ2n) is 5.60. The maximum Gasteiger partial charge on any atom is 0.234 e. The van der Waals surface area contributed by atoms with Crippen LogP contribution < -0.4 is 5.32 Å². The van der Waals surface area contributed by atoms with Crippen molar-refractivity contribution < 1.29 is 4.79 Å². The SMILES string of the molecule is Cc1cc(C)cc(-n2ccnc2SCC(=O)Nc2cccnc2Cl)c1. The highest BCUT2D eigenvalue weighted by molar-refractivity contribution is 7.99. The molecule has 0 spiro atoms. The third kappa shape index (κ3) is 4.41. The molecule has 0 atom stereocenters. The standard InChI is InChI=1S/C18H17ClN4OS/c1-12-8-13(2)10-14(9-12)23-7-6-21-18(23)25-11-16(24)22-15-4-3-5-20-17(15)19/h3-10H,11H2,1-2H3,(H,22,24). The van der Waals surface area contributed by atoms with Crippen molar-refractivity contribution in [1.29, 1.82) is 0 Å². The van der Waals surface area contributed by atoms with Crippen LogP contribution in [0.5, 0.6) is 0 Å². The number of pyridine rings is 1. The number of imidazole rings is 1. The molecule has 128 valence electrons. The second-order valence-corrected chi connectivity index (χ2v) is 6.90. The van der Waals surface area contributed by atoms with E-state index in [0.29, 0.717) is 5.69 Å². The van der Waals surface area contributed by atoms with Gasteiger partial charge in [0.25, 0.3) is 0 Å². The highest BCUT2D eigenvalue weighted by Crippen LogP contribution is 2.23. The summed E-state index contributed by atoms with van der Waals surface area (Å²) in [4.78, 5) is 20.5. The van der Waals surface area contributed by atoms with Gasteiger partial charge in [-0.05, 0) is 49.2 Å². The Morgan fingerprint density at radius 2 is 1.96 bits per heavy atom. The van der Waals surface area contributed by atoms with E-state index in [9.17, 15) is 4.79 Å². The molecule has 2 heterocycles. The Kier molecular flexibility index (Phi) is 5.40. The van der Waals surface area contributed by atoms with E-state index in [-0.39, 0.29) is 16.8 Å². The van der Waals surface area contributed by atoms with Crippen molar-refractivity contribution in [1.82, 2.24) is 14.5 Å². The zero-order chi connectivity index (χ0) is 17.8. The maximum absolute atomic E-state index is 12.2. The van der Waals surface area contributed by atoms with Crippen molar-refractivity contribution in [2.24, 2.45) is 0 Å². The van der Waals surface area contributed by atoms with Gasteiger partial charge >= 0.3 is 0 Å². The van der Waals surface area contributed by atoms with Crippen molar-refractivity contribution in [2.45, 2.75) is 19.0 Å². The normalized spacial score (nSPS) is 10.7. The molecule has 3 rings (SSSR count). The van der Waals surface area contributed by atoms with E-state index >= 15 is 0 Å². The lowest BCUT2D eigenvalue weighted by Gasteiger charge is -2.10. The fourth-order valence-electron chi connectivity index (χ4n) is 2.48. The number of thioether (sulfide) groups is 1. The largest absolute Gasteiger partial charge is 0.323 e. The van der Waals surface area contributed by atoms with Gasteiger partial charge in [0, 0.05) is 24.3 Å². The number of anilines is 1. The molecular formula is C18H17ClN4OS. The number of hydrogen-bond donors (Lipinski definition) is 1. The Morgan fingerprint density at radius 1 is 1.20 bits per heavy atom. The Morgan fingerprint density at radius 3 is 2.68 bits per heavy atom. The molecule has 2 aromatic heterocycles. The van der Waals surface area contributed by atoms with Crippen LogP contribution in [-0.4, -0.2) is 26.2 Å². The first-order chi connectivity index (χ1) is 12.0. The van der Waals surface area contributed by atoms with Crippen molar-refractivity contribution in [3.63, 3.8) is 0 Å². The summed E-state index contributed by atoms with van der Waals surface area (Å²) >= 11 is 7.32. The highest BCUT2D eigenvalue weighted by Gasteiger charge is 2.11. The molecule has 0 aliphatic heterocycles. The molecular weight excluding hydrogens is 356 g/mol. The number of benzene rings is 1. The molecule has 1 N–H and O–H groups in total. The number of nitrogens with zero attached hydrogens (tertiary/aromatic N) is 3. The van der Waals surface area contributed by atoms with Crippen LogP contribution in [0.25, 0.3) is 5.69 Å². The van der Waals surface area contributed by atoms with Gasteiger partial charge in [0.1, 0.15) is 0 Å². The molecule has 0 radical (unpaired) electrons. The number of aromatic nitrogens is 3.